The fourth-order valence-electron chi connectivity index (χ4n) is 2.01. The maximum atomic E-state index is 12.3. The highest BCUT2D eigenvalue weighted by atomic mass is 16.5. The van der Waals surface area contributed by atoms with Gasteiger partial charge in [0.15, 0.2) is 5.82 Å². The third-order valence-electron chi connectivity index (χ3n) is 3.30. The minimum atomic E-state index is -0.441. The number of nitrogens with zero attached hydrogens (tertiary/aromatic N) is 3. The van der Waals surface area contributed by atoms with Crippen molar-refractivity contribution in [1.82, 2.24) is 15.0 Å². The summed E-state index contributed by atoms with van der Waals surface area (Å²) in [5, 5.41) is 6.27. The van der Waals surface area contributed by atoms with Gasteiger partial charge in [-0.2, -0.15) is 0 Å². The Labute approximate surface area is 134 Å². The van der Waals surface area contributed by atoms with Crippen LogP contribution in [0.4, 0.5) is 5.82 Å². The van der Waals surface area contributed by atoms with E-state index < -0.39 is 5.91 Å². The Morgan fingerprint density at radius 1 is 1.35 bits per heavy atom. The molecule has 7 heteroatoms. The Morgan fingerprint density at radius 2 is 2.13 bits per heavy atom. The van der Waals surface area contributed by atoms with Gasteiger partial charge in [-0.15, -0.1) is 0 Å². The molecule has 122 valence electrons. The van der Waals surface area contributed by atoms with Crippen molar-refractivity contribution >= 4 is 17.6 Å². The molecule has 2 rings (SSSR count). The van der Waals surface area contributed by atoms with Gasteiger partial charge in [0.25, 0.3) is 11.8 Å². The number of hydrogen-bond acceptors (Lipinski definition) is 5. The smallest absolute Gasteiger partial charge is 0.275 e. The second kappa shape index (κ2) is 7.53. The summed E-state index contributed by atoms with van der Waals surface area (Å²) in [5.41, 5.74) is 0.584. The van der Waals surface area contributed by atoms with Crippen molar-refractivity contribution in [1.29, 1.82) is 0 Å². The Hall–Kier alpha value is -2.70. The van der Waals surface area contributed by atoms with Crippen LogP contribution in [-0.4, -0.2) is 40.4 Å². The van der Waals surface area contributed by atoms with Crippen LogP contribution in [0.15, 0.2) is 28.9 Å². The first-order chi connectivity index (χ1) is 11.0. The van der Waals surface area contributed by atoms with Crippen molar-refractivity contribution in [2.24, 2.45) is 0 Å². The van der Waals surface area contributed by atoms with Crippen LogP contribution >= 0.6 is 0 Å². The molecule has 23 heavy (non-hydrogen) atoms. The molecule has 0 spiro atoms. The second-order valence-corrected chi connectivity index (χ2v) is 5.29. The zero-order valence-electron chi connectivity index (χ0n) is 13.5. The number of rotatable bonds is 6. The molecule has 0 atom stereocenters. The molecular formula is C16H20N4O3. The Bertz CT molecular complexity index is 696. The molecule has 0 aliphatic heterocycles. The normalized spacial score (nSPS) is 10.4. The average molecular weight is 316 g/mol. The lowest BCUT2D eigenvalue weighted by Gasteiger charge is -2.16. The van der Waals surface area contributed by atoms with Gasteiger partial charge in [-0.25, -0.2) is 0 Å². The Balaban J connectivity index is 2.09. The maximum absolute atomic E-state index is 12.3. The van der Waals surface area contributed by atoms with E-state index in [1.165, 1.54) is 12.3 Å². The first-order valence-corrected chi connectivity index (χ1v) is 7.47. The lowest BCUT2D eigenvalue weighted by atomic mass is 10.2. The van der Waals surface area contributed by atoms with Gasteiger partial charge in [0.2, 0.25) is 0 Å². The zero-order valence-corrected chi connectivity index (χ0v) is 13.5. The lowest BCUT2D eigenvalue weighted by Crippen LogP contribution is -2.28. The first kappa shape index (κ1) is 16.7. The van der Waals surface area contributed by atoms with E-state index in [-0.39, 0.29) is 11.6 Å². The number of anilines is 1. The van der Waals surface area contributed by atoms with Gasteiger partial charge >= 0.3 is 0 Å². The molecule has 0 aliphatic rings. The van der Waals surface area contributed by atoms with Crippen LogP contribution in [0.25, 0.3) is 0 Å². The minimum Gasteiger partial charge on any atom is -0.360 e. The number of aromatic nitrogens is 2. The number of pyridine rings is 1. The molecule has 2 amide bonds. The highest BCUT2D eigenvalue weighted by Gasteiger charge is 2.15. The van der Waals surface area contributed by atoms with Crippen molar-refractivity contribution in [2.75, 3.05) is 18.9 Å². The van der Waals surface area contributed by atoms with Crippen LogP contribution in [0.1, 0.15) is 46.4 Å². The lowest BCUT2D eigenvalue weighted by molar-refractivity contribution is 0.0793. The number of hydrogen-bond donors (Lipinski definition) is 1. The summed E-state index contributed by atoms with van der Waals surface area (Å²) in [4.78, 5) is 30.1. The molecule has 0 saturated carbocycles. The fourth-order valence-corrected chi connectivity index (χ4v) is 2.01. The SMILES string of the molecule is CCCCN(C)C(=O)c1ccnc(C(=O)Nc2cc(C)on2)c1. The quantitative estimate of drug-likeness (QED) is 0.884. The summed E-state index contributed by atoms with van der Waals surface area (Å²) in [6.07, 6.45) is 3.40. The molecule has 0 saturated heterocycles. The summed E-state index contributed by atoms with van der Waals surface area (Å²) in [5.74, 6) is 0.331. The van der Waals surface area contributed by atoms with Gasteiger partial charge in [0, 0.05) is 31.4 Å². The molecule has 2 heterocycles. The Kier molecular flexibility index (Phi) is 5.46. The summed E-state index contributed by atoms with van der Waals surface area (Å²) in [6.45, 7) is 4.47. The van der Waals surface area contributed by atoms with E-state index in [1.807, 2.05) is 0 Å². The summed E-state index contributed by atoms with van der Waals surface area (Å²) in [6, 6.07) is 4.68. The molecule has 0 bridgehead atoms. The molecule has 0 radical (unpaired) electrons. The highest BCUT2D eigenvalue weighted by Crippen LogP contribution is 2.11. The molecule has 2 aromatic heterocycles. The fraction of sp³-hybridized carbons (Fsp3) is 0.375. The van der Waals surface area contributed by atoms with E-state index in [1.54, 1.807) is 31.0 Å². The van der Waals surface area contributed by atoms with E-state index in [0.29, 0.717) is 23.7 Å². The Morgan fingerprint density at radius 3 is 2.78 bits per heavy atom. The van der Waals surface area contributed by atoms with Crippen molar-refractivity contribution in [2.45, 2.75) is 26.7 Å². The number of aryl methyl sites for hydroxylation is 1. The number of amides is 2. The molecule has 0 fully saturated rings. The predicted molar refractivity (Wildman–Crippen MR) is 85.3 cm³/mol. The van der Waals surface area contributed by atoms with Crippen LogP contribution < -0.4 is 5.32 Å². The third kappa shape index (κ3) is 4.38. The van der Waals surface area contributed by atoms with Crippen LogP contribution in [0.3, 0.4) is 0 Å². The van der Waals surface area contributed by atoms with Crippen molar-refractivity contribution in [3.8, 4) is 0 Å². The molecular weight excluding hydrogens is 296 g/mol. The molecule has 2 aromatic rings. The van der Waals surface area contributed by atoms with Crippen LogP contribution in [0.5, 0.6) is 0 Å². The molecule has 7 nitrogen and oxygen atoms in total. The monoisotopic (exact) mass is 316 g/mol. The van der Waals surface area contributed by atoms with Gasteiger partial charge in [0.05, 0.1) is 0 Å². The standard InChI is InChI=1S/C16H20N4O3/c1-4-5-8-20(3)16(22)12-6-7-17-13(10-12)15(21)18-14-9-11(2)23-19-14/h6-7,9-10H,4-5,8H2,1-3H3,(H,18,19,21). The molecule has 1 N–H and O–H groups in total. The van der Waals surface area contributed by atoms with E-state index in [4.69, 9.17) is 4.52 Å². The third-order valence-corrected chi connectivity index (χ3v) is 3.30. The molecule has 0 unspecified atom stereocenters. The minimum absolute atomic E-state index is 0.132. The summed E-state index contributed by atoms with van der Waals surface area (Å²) in [7, 11) is 1.75. The van der Waals surface area contributed by atoms with E-state index in [2.05, 4.69) is 22.4 Å². The number of unbranched alkanes of at least 4 members (excludes halogenated alkanes) is 1. The molecule has 0 aromatic carbocycles. The van der Waals surface area contributed by atoms with Crippen LogP contribution in [-0.2, 0) is 0 Å². The average Bonchev–Trinajstić information content (AvgIpc) is 2.96. The van der Waals surface area contributed by atoms with E-state index in [0.717, 1.165) is 12.8 Å². The van der Waals surface area contributed by atoms with Gasteiger partial charge in [-0.1, -0.05) is 18.5 Å². The maximum Gasteiger partial charge on any atom is 0.275 e. The van der Waals surface area contributed by atoms with Gasteiger partial charge in [0.1, 0.15) is 11.5 Å². The number of carbonyl (C=O) groups excluding carboxylic acids is 2. The number of carbonyl (C=O) groups is 2. The first-order valence-electron chi connectivity index (χ1n) is 7.47. The van der Waals surface area contributed by atoms with E-state index >= 15 is 0 Å². The van der Waals surface area contributed by atoms with Crippen LogP contribution in [0.2, 0.25) is 0 Å². The largest absolute Gasteiger partial charge is 0.360 e. The zero-order chi connectivity index (χ0) is 16.8. The topological polar surface area (TPSA) is 88.3 Å². The predicted octanol–water partition coefficient (Wildman–Crippen LogP) is 2.50. The van der Waals surface area contributed by atoms with Gasteiger partial charge in [-0.3, -0.25) is 14.6 Å². The molecule has 0 aliphatic carbocycles. The summed E-state index contributed by atoms with van der Waals surface area (Å²) >= 11 is 0. The van der Waals surface area contributed by atoms with Crippen molar-refractivity contribution < 1.29 is 14.1 Å². The second-order valence-electron chi connectivity index (χ2n) is 5.29. The van der Waals surface area contributed by atoms with Crippen molar-refractivity contribution in [3.63, 3.8) is 0 Å². The van der Waals surface area contributed by atoms with Crippen LogP contribution in [0, 0.1) is 6.92 Å². The van der Waals surface area contributed by atoms with Gasteiger partial charge < -0.3 is 14.7 Å². The summed E-state index contributed by atoms with van der Waals surface area (Å²) < 4.78 is 4.89. The van der Waals surface area contributed by atoms with Crippen molar-refractivity contribution in [3.05, 3.63) is 41.4 Å². The number of nitrogens with one attached hydrogen (secondary N) is 1. The van der Waals surface area contributed by atoms with Gasteiger partial charge in [-0.05, 0) is 25.5 Å². The van der Waals surface area contributed by atoms with E-state index in [9.17, 15) is 9.59 Å². The highest BCUT2D eigenvalue weighted by molar-refractivity contribution is 6.04.